The predicted octanol–water partition coefficient (Wildman–Crippen LogP) is 5.61. The number of thiazole rings is 1. The van der Waals surface area contributed by atoms with Crippen LogP contribution < -0.4 is 5.43 Å². The average molecular weight is 517 g/mol. The van der Waals surface area contributed by atoms with Crippen molar-refractivity contribution in [2.75, 3.05) is 6.54 Å². The second kappa shape index (κ2) is 11.5. The van der Waals surface area contributed by atoms with Gasteiger partial charge in [-0.3, -0.25) is 14.9 Å². The minimum Gasteiger partial charge on any atom is -0.464 e. The van der Waals surface area contributed by atoms with Crippen LogP contribution in [-0.2, 0) is 0 Å². The highest BCUT2D eigenvalue weighted by molar-refractivity contribution is 7.13. The third-order valence-corrected chi connectivity index (χ3v) is 6.81. The van der Waals surface area contributed by atoms with Crippen LogP contribution >= 0.6 is 11.3 Å². The van der Waals surface area contributed by atoms with E-state index in [2.05, 4.69) is 5.43 Å². The molecule has 0 saturated heterocycles. The summed E-state index contributed by atoms with van der Waals surface area (Å²) in [6.07, 6.45) is -1.30. The number of hydrogen-bond acceptors (Lipinski definition) is 7. The molecule has 1 aromatic heterocycles. The van der Waals surface area contributed by atoms with E-state index in [1.807, 2.05) is 35.7 Å². The van der Waals surface area contributed by atoms with E-state index in [0.29, 0.717) is 11.3 Å². The van der Waals surface area contributed by atoms with Gasteiger partial charge in [-0.05, 0) is 12.5 Å². The van der Waals surface area contributed by atoms with Gasteiger partial charge >= 0.3 is 6.09 Å². The molecule has 10 heteroatoms. The number of amides is 1. The number of Topliss-reactive ketones (excluding diaryl/α,β-unsaturated/α-hetero) is 1. The lowest BCUT2D eigenvalue weighted by atomic mass is 9.96. The lowest BCUT2D eigenvalue weighted by Gasteiger charge is -2.28. The minimum atomic E-state index is -1.30. The molecule has 4 aromatic rings. The number of nitrogens with zero attached hydrogens (tertiary/aromatic N) is 3. The predicted molar refractivity (Wildman–Crippen MR) is 141 cm³/mol. The monoisotopic (exact) mass is 516 g/mol. The van der Waals surface area contributed by atoms with E-state index < -0.39 is 23.0 Å². The quantitative estimate of drug-likeness (QED) is 0.159. The number of nitro benzene ring substituents is 1. The first-order valence-electron chi connectivity index (χ1n) is 11.4. The Morgan fingerprint density at radius 2 is 1.65 bits per heavy atom. The highest BCUT2D eigenvalue weighted by atomic mass is 32.1. The summed E-state index contributed by atoms with van der Waals surface area (Å²) >= 11 is 1.45. The number of rotatable bonds is 10. The Morgan fingerprint density at radius 3 is 2.24 bits per heavy atom. The molecule has 3 aromatic carbocycles. The molecule has 0 bridgehead atoms. The molecule has 37 heavy (non-hydrogen) atoms. The fourth-order valence-corrected chi connectivity index (χ4v) is 4.78. The second-order valence-electron chi connectivity index (χ2n) is 8.27. The third-order valence-electron chi connectivity index (χ3n) is 5.90. The molecule has 1 amide bonds. The van der Waals surface area contributed by atoms with Gasteiger partial charge in [-0.2, -0.15) is 0 Å². The van der Waals surface area contributed by atoms with Gasteiger partial charge in [-0.25, -0.2) is 20.2 Å². The van der Waals surface area contributed by atoms with E-state index in [0.717, 1.165) is 21.1 Å². The zero-order chi connectivity index (χ0) is 26.4. The van der Waals surface area contributed by atoms with Crippen LogP contribution in [0.1, 0.15) is 34.5 Å². The summed E-state index contributed by atoms with van der Waals surface area (Å²) in [5.41, 5.74) is 5.60. The molecule has 188 valence electrons. The Hall–Kier alpha value is -4.41. The maximum absolute atomic E-state index is 12.9. The lowest BCUT2D eigenvalue weighted by Crippen LogP contribution is -2.52. The lowest BCUT2D eigenvalue weighted by molar-refractivity contribution is -0.384. The topological polar surface area (TPSA) is 126 Å². The first-order chi connectivity index (χ1) is 17.8. The molecule has 2 atom stereocenters. The summed E-state index contributed by atoms with van der Waals surface area (Å²) in [6.45, 7) is 1.61. The summed E-state index contributed by atoms with van der Waals surface area (Å²) in [5, 5.41) is 24.6. The summed E-state index contributed by atoms with van der Waals surface area (Å²) < 4.78 is 0. The first-order valence-corrected chi connectivity index (χ1v) is 12.3. The number of nitro groups is 1. The first kappa shape index (κ1) is 25.7. The average Bonchev–Trinajstić information content (AvgIpc) is 3.41. The molecule has 2 N–H and O–H groups in total. The van der Waals surface area contributed by atoms with Crippen LogP contribution in [0.2, 0.25) is 0 Å². The SMILES string of the molecule is CC(C(=O)c1ccccc1)N(NCC(c1ccc([N+](=O)[O-])cc1)c1csc(-c2ccccc2)n1)C(=O)O. The molecule has 0 radical (unpaired) electrons. The van der Waals surface area contributed by atoms with Gasteiger partial charge in [-0.1, -0.05) is 72.8 Å². The van der Waals surface area contributed by atoms with Crippen molar-refractivity contribution < 1.29 is 19.6 Å². The molecular weight excluding hydrogens is 492 g/mol. The van der Waals surface area contributed by atoms with E-state index in [1.165, 1.54) is 30.4 Å². The van der Waals surface area contributed by atoms with Crippen LogP contribution in [0.4, 0.5) is 10.5 Å². The number of aromatic nitrogens is 1. The van der Waals surface area contributed by atoms with Crippen molar-refractivity contribution in [2.24, 2.45) is 0 Å². The van der Waals surface area contributed by atoms with E-state index in [4.69, 9.17) is 4.98 Å². The largest absolute Gasteiger partial charge is 0.464 e. The summed E-state index contributed by atoms with van der Waals surface area (Å²) in [6, 6.07) is 23.2. The zero-order valence-electron chi connectivity index (χ0n) is 19.9. The molecule has 0 saturated carbocycles. The van der Waals surface area contributed by atoms with Crippen molar-refractivity contribution in [3.05, 3.63) is 117 Å². The van der Waals surface area contributed by atoms with Gasteiger partial charge < -0.3 is 5.11 Å². The number of carbonyl (C=O) groups is 2. The number of carboxylic acid groups (broad SMARTS) is 1. The Labute approximate surface area is 217 Å². The Balaban J connectivity index is 1.62. The minimum absolute atomic E-state index is 0.0482. The third kappa shape index (κ3) is 6.05. The van der Waals surface area contributed by atoms with Gasteiger partial charge in [0.05, 0.1) is 10.6 Å². The van der Waals surface area contributed by atoms with Crippen molar-refractivity contribution in [1.82, 2.24) is 15.4 Å². The van der Waals surface area contributed by atoms with Gasteiger partial charge in [-0.15, -0.1) is 11.3 Å². The highest BCUT2D eigenvalue weighted by Gasteiger charge is 2.28. The molecule has 0 aliphatic carbocycles. The summed E-state index contributed by atoms with van der Waals surface area (Å²) in [5.74, 6) is -0.780. The van der Waals surface area contributed by atoms with Crippen LogP contribution in [-0.4, -0.2) is 44.5 Å². The molecule has 0 aliphatic rings. The fourth-order valence-electron chi connectivity index (χ4n) is 3.90. The number of non-ortho nitro benzene ring substituents is 1. The Bertz CT molecular complexity index is 1380. The number of ketones is 1. The number of nitrogens with one attached hydrogen (secondary N) is 1. The number of hydrogen-bond donors (Lipinski definition) is 2. The van der Waals surface area contributed by atoms with Crippen molar-refractivity contribution in [2.45, 2.75) is 18.9 Å². The van der Waals surface area contributed by atoms with Gasteiger partial charge in [0, 0.05) is 41.1 Å². The van der Waals surface area contributed by atoms with E-state index in [-0.39, 0.29) is 18.0 Å². The molecule has 0 fully saturated rings. The molecule has 2 unspecified atom stereocenters. The molecule has 0 aliphatic heterocycles. The normalized spacial score (nSPS) is 12.5. The van der Waals surface area contributed by atoms with Gasteiger partial charge in [0.2, 0.25) is 0 Å². The molecule has 9 nitrogen and oxygen atoms in total. The van der Waals surface area contributed by atoms with Gasteiger partial charge in [0.1, 0.15) is 11.0 Å². The number of carbonyl (C=O) groups excluding carboxylic acids is 1. The Kier molecular flexibility index (Phi) is 8.02. The maximum atomic E-state index is 12.9. The van der Waals surface area contributed by atoms with Gasteiger partial charge in [0.25, 0.3) is 5.69 Å². The molecular formula is C27H24N4O5S. The van der Waals surface area contributed by atoms with E-state index >= 15 is 0 Å². The van der Waals surface area contributed by atoms with E-state index in [1.54, 1.807) is 42.5 Å². The Morgan fingerprint density at radius 1 is 1.03 bits per heavy atom. The molecule has 1 heterocycles. The smallest absolute Gasteiger partial charge is 0.422 e. The zero-order valence-corrected chi connectivity index (χ0v) is 20.7. The van der Waals surface area contributed by atoms with E-state index in [9.17, 15) is 24.8 Å². The fraction of sp³-hybridized carbons (Fsp3) is 0.148. The van der Waals surface area contributed by atoms with Crippen LogP contribution in [0, 0.1) is 10.1 Å². The van der Waals surface area contributed by atoms with Crippen molar-refractivity contribution in [3.63, 3.8) is 0 Å². The van der Waals surface area contributed by atoms with Crippen LogP contribution in [0.25, 0.3) is 10.6 Å². The van der Waals surface area contributed by atoms with Crippen molar-refractivity contribution in [1.29, 1.82) is 0 Å². The number of hydrazine groups is 1. The summed E-state index contributed by atoms with van der Waals surface area (Å²) in [4.78, 5) is 40.4. The standard InChI is InChI=1S/C27H24N4O5S/c1-18(25(32)20-8-4-2-5-9-20)30(27(33)34)28-16-23(19-12-14-22(15-13-19)31(35)36)24-17-37-26(29-24)21-10-6-3-7-11-21/h2-15,17-18,23,28H,16H2,1H3,(H,33,34). The maximum Gasteiger partial charge on any atom is 0.422 e. The van der Waals surface area contributed by atoms with Crippen LogP contribution in [0.15, 0.2) is 90.3 Å². The second-order valence-corrected chi connectivity index (χ2v) is 9.12. The van der Waals surface area contributed by atoms with Crippen LogP contribution in [0.3, 0.4) is 0 Å². The number of benzene rings is 3. The molecule has 0 spiro atoms. The van der Waals surface area contributed by atoms with Crippen LogP contribution in [0.5, 0.6) is 0 Å². The molecule has 4 rings (SSSR count). The van der Waals surface area contributed by atoms with Gasteiger partial charge in [0.15, 0.2) is 5.78 Å². The highest BCUT2D eigenvalue weighted by Crippen LogP contribution is 2.31. The van der Waals surface area contributed by atoms with Crippen molar-refractivity contribution in [3.8, 4) is 10.6 Å². The summed E-state index contributed by atoms with van der Waals surface area (Å²) in [7, 11) is 0. The van der Waals surface area contributed by atoms with Crippen molar-refractivity contribution >= 4 is 28.9 Å².